The predicted molar refractivity (Wildman–Crippen MR) is 125 cm³/mol. The first kappa shape index (κ1) is 24.1. The molecule has 0 fully saturated rings. The van der Waals surface area contributed by atoms with Crippen molar-refractivity contribution in [3.63, 3.8) is 0 Å². The summed E-state index contributed by atoms with van der Waals surface area (Å²) in [6, 6.07) is 16.9. The lowest BCUT2D eigenvalue weighted by atomic mass is 10.2. The van der Waals surface area contributed by atoms with Crippen molar-refractivity contribution in [1.82, 2.24) is 4.83 Å². The second kappa shape index (κ2) is 10.8. The van der Waals surface area contributed by atoms with Crippen molar-refractivity contribution in [2.45, 2.75) is 11.8 Å². The molecule has 0 saturated heterocycles. The van der Waals surface area contributed by atoms with Gasteiger partial charge in [0.25, 0.3) is 10.0 Å². The van der Waals surface area contributed by atoms with Gasteiger partial charge < -0.3 is 14.2 Å². The first-order valence-corrected chi connectivity index (χ1v) is 11.6. The van der Waals surface area contributed by atoms with Crippen LogP contribution in [0.5, 0.6) is 17.2 Å². The van der Waals surface area contributed by atoms with E-state index >= 15 is 0 Å². The van der Waals surface area contributed by atoms with Crippen molar-refractivity contribution in [2.24, 2.45) is 5.10 Å². The van der Waals surface area contributed by atoms with Crippen molar-refractivity contribution in [2.75, 3.05) is 13.7 Å². The first-order valence-electron chi connectivity index (χ1n) is 9.76. The Hall–Kier alpha value is -3.56. The molecule has 1 N–H and O–H groups in total. The van der Waals surface area contributed by atoms with E-state index in [1.165, 1.54) is 37.6 Å². The van der Waals surface area contributed by atoms with Gasteiger partial charge in [0.05, 0.1) is 30.4 Å². The minimum absolute atomic E-state index is 0.0276. The number of carbonyl (C=O) groups excluding carboxylic acids is 1. The fourth-order valence-corrected chi connectivity index (χ4v) is 3.60. The van der Waals surface area contributed by atoms with Crippen LogP contribution >= 0.6 is 11.6 Å². The monoisotopic (exact) mass is 488 g/mol. The molecule has 8 nitrogen and oxygen atoms in total. The number of ether oxygens (including phenoxy) is 3. The van der Waals surface area contributed by atoms with E-state index < -0.39 is 16.0 Å². The van der Waals surface area contributed by atoms with Crippen LogP contribution in [-0.2, 0) is 10.0 Å². The second-order valence-electron chi connectivity index (χ2n) is 6.56. The number of esters is 1. The minimum atomic E-state index is -3.84. The summed E-state index contributed by atoms with van der Waals surface area (Å²) >= 11 is 5.78. The van der Waals surface area contributed by atoms with E-state index in [1.54, 1.807) is 49.4 Å². The van der Waals surface area contributed by atoms with Crippen molar-refractivity contribution in [3.05, 3.63) is 82.9 Å². The lowest BCUT2D eigenvalue weighted by Crippen LogP contribution is -2.18. The number of methoxy groups -OCH3 is 1. The highest BCUT2D eigenvalue weighted by atomic mass is 35.5. The molecule has 0 atom stereocenters. The Bertz CT molecular complexity index is 1240. The van der Waals surface area contributed by atoms with Gasteiger partial charge in [-0.25, -0.2) is 9.63 Å². The summed E-state index contributed by atoms with van der Waals surface area (Å²) in [7, 11) is -2.31. The maximum atomic E-state index is 12.5. The van der Waals surface area contributed by atoms with Crippen LogP contribution in [0.25, 0.3) is 0 Å². The van der Waals surface area contributed by atoms with E-state index in [1.807, 2.05) is 0 Å². The molecule has 0 radical (unpaired) electrons. The molecule has 0 aliphatic carbocycles. The standard InChI is InChI=1S/C23H21ClN2O6S/c1-3-31-22-14-16(15-25-26-33(28,29)20-11-7-18(24)8-12-20)4-13-21(22)32-23(27)17-5-9-19(30-2)10-6-17/h4-15,26H,3H2,1-2H3. The molecule has 0 unspecified atom stereocenters. The van der Waals surface area contributed by atoms with Gasteiger partial charge in [-0.15, -0.1) is 0 Å². The molecule has 0 heterocycles. The summed E-state index contributed by atoms with van der Waals surface area (Å²) in [6.45, 7) is 2.12. The van der Waals surface area contributed by atoms with E-state index in [4.69, 9.17) is 25.8 Å². The van der Waals surface area contributed by atoms with Crippen molar-refractivity contribution < 1.29 is 27.4 Å². The molecule has 33 heavy (non-hydrogen) atoms. The quantitative estimate of drug-likeness (QED) is 0.209. The van der Waals surface area contributed by atoms with Crippen LogP contribution < -0.4 is 19.0 Å². The molecule has 0 saturated carbocycles. The fraction of sp³-hybridized carbons (Fsp3) is 0.130. The Morgan fingerprint density at radius 2 is 1.73 bits per heavy atom. The summed E-state index contributed by atoms with van der Waals surface area (Å²) in [5, 5.41) is 4.22. The van der Waals surface area contributed by atoms with Gasteiger partial charge in [-0.1, -0.05) is 11.6 Å². The average Bonchev–Trinajstić information content (AvgIpc) is 2.81. The number of sulfonamides is 1. The van der Waals surface area contributed by atoms with E-state index in [9.17, 15) is 13.2 Å². The summed E-state index contributed by atoms with van der Waals surface area (Å²) in [6.07, 6.45) is 1.31. The summed E-state index contributed by atoms with van der Waals surface area (Å²) in [5.41, 5.74) is 0.877. The number of halogens is 1. The molecule has 3 aromatic rings. The Labute approximate surface area is 196 Å². The van der Waals surface area contributed by atoms with Gasteiger partial charge in [0.2, 0.25) is 0 Å². The van der Waals surface area contributed by atoms with Crippen LogP contribution in [0.15, 0.2) is 76.7 Å². The Morgan fingerprint density at radius 3 is 2.36 bits per heavy atom. The summed E-state index contributed by atoms with van der Waals surface area (Å²) < 4.78 is 40.7. The number of rotatable bonds is 9. The van der Waals surface area contributed by atoms with E-state index in [0.29, 0.717) is 34.3 Å². The Morgan fingerprint density at radius 1 is 1.03 bits per heavy atom. The van der Waals surface area contributed by atoms with E-state index in [0.717, 1.165) is 0 Å². The van der Waals surface area contributed by atoms with Gasteiger partial charge in [0.1, 0.15) is 5.75 Å². The van der Waals surface area contributed by atoms with Crippen LogP contribution in [0.4, 0.5) is 0 Å². The zero-order chi connectivity index (χ0) is 23.8. The molecule has 0 spiro atoms. The zero-order valence-corrected chi connectivity index (χ0v) is 19.4. The smallest absolute Gasteiger partial charge is 0.343 e. The molecule has 0 aliphatic rings. The predicted octanol–water partition coefficient (Wildman–Crippen LogP) is 4.28. The third-order valence-electron chi connectivity index (χ3n) is 4.31. The maximum Gasteiger partial charge on any atom is 0.343 e. The van der Waals surface area contributed by atoms with Gasteiger partial charge in [-0.05, 0) is 79.2 Å². The molecule has 10 heteroatoms. The van der Waals surface area contributed by atoms with Crippen molar-refractivity contribution >= 4 is 33.8 Å². The number of nitrogens with zero attached hydrogens (tertiary/aromatic N) is 1. The van der Waals surface area contributed by atoms with Crippen LogP contribution in [0.3, 0.4) is 0 Å². The fourth-order valence-electron chi connectivity index (χ4n) is 2.68. The number of carbonyl (C=O) groups is 1. The third-order valence-corrected chi connectivity index (χ3v) is 5.80. The van der Waals surface area contributed by atoms with Gasteiger partial charge in [-0.2, -0.15) is 13.5 Å². The summed E-state index contributed by atoms with van der Waals surface area (Å²) in [5.74, 6) is 0.591. The first-order chi connectivity index (χ1) is 15.8. The van der Waals surface area contributed by atoms with Gasteiger partial charge in [0, 0.05) is 5.02 Å². The van der Waals surface area contributed by atoms with E-state index in [-0.39, 0.29) is 10.6 Å². The normalized spacial score (nSPS) is 11.2. The number of hydrogen-bond acceptors (Lipinski definition) is 7. The average molecular weight is 489 g/mol. The topological polar surface area (TPSA) is 103 Å². The number of hydrazone groups is 1. The minimum Gasteiger partial charge on any atom is -0.497 e. The molecular formula is C23H21ClN2O6S. The zero-order valence-electron chi connectivity index (χ0n) is 17.8. The Kier molecular flexibility index (Phi) is 7.92. The number of benzene rings is 3. The SMILES string of the molecule is CCOc1cc(C=NNS(=O)(=O)c2ccc(Cl)cc2)ccc1OC(=O)c1ccc(OC)cc1. The van der Waals surface area contributed by atoms with Crippen LogP contribution in [0, 0.1) is 0 Å². The largest absolute Gasteiger partial charge is 0.497 e. The number of hydrogen-bond donors (Lipinski definition) is 1. The van der Waals surface area contributed by atoms with Crippen molar-refractivity contribution in [1.29, 1.82) is 0 Å². The van der Waals surface area contributed by atoms with Gasteiger partial charge in [0.15, 0.2) is 11.5 Å². The second-order valence-corrected chi connectivity index (χ2v) is 8.66. The highest BCUT2D eigenvalue weighted by Crippen LogP contribution is 2.29. The molecule has 3 rings (SSSR count). The lowest BCUT2D eigenvalue weighted by molar-refractivity contribution is 0.0728. The highest BCUT2D eigenvalue weighted by Gasteiger charge is 2.14. The summed E-state index contributed by atoms with van der Waals surface area (Å²) in [4.78, 5) is 14.6. The molecule has 172 valence electrons. The van der Waals surface area contributed by atoms with Crippen LogP contribution in [0.1, 0.15) is 22.8 Å². The Balaban J connectivity index is 1.73. The lowest BCUT2D eigenvalue weighted by Gasteiger charge is -2.11. The molecule has 0 amide bonds. The van der Waals surface area contributed by atoms with Crippen LogP contribution in [0.2, 0.25) is 5.02 Å². The third kappa shape index (κ3) is 6.47. The molecule has 0 aromatic heterocycles. The maximum absolute atomic E-state index is 12.5. The molecule has 0 aliphatic heterocycles. The highest BCUT2D eigenvalue weighted by molar-refractivity contribution is 7.89. The van der Waals surface area contributed by atoms with E-state index in [2.05, 4.69) is 9.93 Å². The van der Waals surface area contributed by atoms with Gasteiger partial charge >= 0.3 is 5.97 Å². The van der Waals surface area contributed by atoms with Crippen LogP contribution in [-0.4, -0.2) is 34.3 Å². The molecule has 0 bridgehead atoms. The molecular weight excluding hydrogens is 468 g/mol. The van der Waals surface area contributed by atoms with Gasteiger partial charge in [-0.3, -0.25) is 0 Å². The molecule has 3 aromatic carbocycles. The number of nitrogens with one attached hydrogen (secondary N) is 1. The van der Waals surface area contributed by atoms with Crippen molar-refractivity contribution in [3.8, 4) is 17.2 Å².